The van der Waals surface area contributed by atoms with E-state index in [1.165, 1.54) is 0 Å². The van der Waals surface area contributed by atoms with Crippen LogP contribution in [0.15, 0.2) is 18.2 Å². The van der Waals surface area contributed by atoms with Crippen LogP contribution >= 0.6 is 0 Å². The average molecular weight is 234 g/mol. The van der Waals surface area contributed by atoms with Gasteiger partial charge in [-0.1, -0.05) is 18.2 Å². The molecule has 0 radical (unpaired) electrons. The second kappa shape index (κ2) is 4.04. The van der Waals surface area contributed by atoms with Gasteiger partial charge in [-0.15, -0.1) is 0 Å². The van der Waals surface area contributed by atoms with Crippen molar-refractivity contribution in [1.29, 1.82) is 0 Å². The van der Waals surface area contributed by atoms with Gasteiger partial charge in [-0.3, -0.25) is 4.79 Å². The number of benzene rings is 1. The number of likely N-dealkylation sites (N-methyl/N-ethyl adjacent to an activating group) is 1. The molecule has 1 aliphatic heterocycles. The maximum atomic E-state index is 11.4. The van der Waals surface area contributed by atoms with Gasteiger partial charge < -0.3 is 15.8 Å². The Balaban J connectivity index is 2.45. The fourth-order valence-corrected chi connectivity index (χ4v) is 2.32. The number of hydrogen-bond donors (Lipinski definition) is 2. The Morgan fingerprint density at radius 1 is 1.53 bits per heavy atom. The molecule has 1 amide bonds. The van der Waals surface area contributed by atoms with E-state index >= 15 is 0 Å². The van der Waals surface area contributed by atoms with Gasteiger partial charge in [0, 0.05) is 12.0 Å². The van der Waals surface area contributed by atoms with Gasteiger partial charge in [0.2, 0.25) is 5.91 Å². The van der Waals surface area contributed by atoms with Gasteiger partial charge >= 0.3 is 0 Å². The average Bonchev–Trinajstić information content (AvgIpc) is 2.53. The van der Waals surface area contributed by atoms with E-state index in [2.05, 4.69) is 5.32 Å². The summed E-state index contributed by atoms with van der Waals surface area (Å²) in [5.41, 5.74) is 7.13. The maximum Gasteiger partial charge on any atom is 0.239 e. The molecular weight excluding hydrogens is 216 g/mol. The minimum Gasteiger partial charge on any atom is -0.487 e. The van der Waals surface area contributed by atoms with E-state index in [0.717, 1.165) is 23.3 Å². The Morgan fingerprint density at radius 3 is 2.82 bits per heavy atom. The van der Waals surface area contributed by atoms with Gasteiger partial charge in [0.25, 0.3) is 0 Å². The van der Waals surface area contributed by atoms with E-state index in [9.17, 15) is 4.79 Å². The van der Waals surface area contributed by atoms with Crippen LogP contribution in [0.4, 0.5) is 0 Å². The van der Waals surface area contributed by atoms with Crippen molar-refractivity contribution in [3.63, 3.8) is 0 Å². The van der Waals surface area contributed by atoms with Crippen molar-refractivity contribution >= 4 is 5.91 Å². The summed E-state index contributed by atoms with van der Waals surface area (Å²) in [7, 11) is 1.72. The Labute approximate surface area is 101 Å². The molecule has 1 aromatic carbocycles. The van der Waals surface area contributed by atoms with Crippen molar-refractivity contribution in [2.45, 2.75) is 31.9 Å². The molecule has 3 N–H and O–H groups in total. The Morgan fingerprint density at radius 2 is 2.24 bits per heavy atom. The van der Waals surface area contributed by atoms with Crippen LogP contribution < -0.4 is 15.8 Å². The fourth-order valence-electron chi connectivity index (χ4n) is 2.32. The summed E-state index contributed by atoms with van der Waals surface area (Å²) in [4.78, 5) is 11.4. The molecule has 1 unspecified atom stereocenters. The number of amides is 1. The molecule has 4 heteroatoms. The molecule has 17 heavy (non-hydrogen) atoms. The normalized spacial score (nSPS) is 18.3. The number of ether oxygens (including phenoxy) is 1. The molecule has 1 atom stereocenters. The molecule has 0 aromatic heterocycles. The van der Waals surface area contributed by atoms with Crippen LogP contribution in [0.3, 0.4) is 0 Å². The first-order chi connectivity index (χ1) is 7.94. The number of carbonyl (C=O) groups excluding carboxylic acids is 1. The van der Waals surface area contributed by atoms with Crippen LogP contribution in [0, 0.1) is 0 Å². The summed E-state index contributed by atoms with van der Waals surface area (Å²) >= 11 is 0. The van der Waals surface area contributed by atoms with Gasteiger partial charge in [0.15, 0.2) is 0 Å². The van der Waals surface area contributed by atoms with Crippen molar-refractivity contribution < 1.29 is 9.53 Å². The molecule has 0 saturated carbocycles. The van der Waals surface area contributed by atoms with Gasteiger partial charge in [-0.25, -0.2) is 0 Å². The fraction of sp³-hybridized carbons (Fsp3) is 0.462. The number of primary amides is 1. The number of fused-ring (bicyclic) bond motifs is 1. The minimum absolute atomic E-state index is 0.214. The maximum absolute atomic E-state index is 11.4. The Kier molecular flexibility index (Phi) is 2.83. The van der Waals surface area contributed by atoms with Gasteiger partial charge in [0.05, 0.1) is 0 Å². The zero-order valence-corrected chi connectivity index (χ0v) is 10.4. The molecule has 0 saturated heterocycles. The summed E-state index contributed by atoms with van der Waals surface area (Å²) in [6.45, 7) is 4.07. The highest BCUT2D eigenvalue weighted by atomic mass is 16.5. The molecule has 2 rings (SSSR count). The second-order valence-electron chi connectivity index (χ2n) is 5.00. The summed E-state index contributed by atoms with van der Waals surface area (Å²) in [6, 6.07) is 5.35. The minimum atomic E-state index is -0.501. The summed E-state index contributed by atoms with van der Waals surface area (Å²) < 4.78 is 5.91. The molecular formula is C13H18N2O2. The van der Waals surface area contributed by atoms with Crippen LogP contribution in [-0.4, -0.2) is 18.6 Å². The van der Waals surface area contributed by atoms with Crippen LogP contribution in [-0.2, 0) is 11.2 Å². The third-order valence-corrected chi connectivity index (χ3v) is 3.01. The summed E-state index contributed by atoms with van der Waals surface area (Å²) in [5, 5.41) is 2.92. The molecule has 1 heterocycles. The number of hydrogen-bond acceptors (Lipinski definition) is 3. The zero-order chi connectivity index (χ0) is 12.6. The zero-order valence-electron chi connectivity index (χ0n) is 10.4. The number of carbonyl (C=O) groups is 1. The lowest BCUT2D eigenvalue weighted by Gasteiger charge is -2.20. The number of para-hydroxylation sites is 1. The number of rotatable bonds is 3. The number of nitrogens with two attached hydrogens (primary N) is 1. The van der Waals surface area contributed by atoms with Crippen LogP contribution in [0.25, 0.3) is 0 Å². The first kappa shape index (κ1) is 11.9. The third kappa shape index (κ3) is 2.13. The standard InChI is InChI=1S/C13H18N2O2/c1-13(2)7-8-5-4-6-9(11(8)17-13)10(15-3)12(14)16/h4-6,10,15H,7H2,1-3H3,(H2,14,16). The lowest BCUT2D eigenvalue weighted by Crippen LogP contribution is -2.32. The van der Waals surface area contributed by atoms with Gasteiger partial charge in [-0.05, 0) is 26.5 Å². The van der Waals surface area contributed by atoms with Gasteiger partial charge in [0.1, 0.15) is 17.4 Å². The highest BCUT2D eigenvalue weighted by Crippen LogP contribution is 2.39. The molecule has 4 nitrogen and oxygen atoms in total. The van der Waals surface area contributed by atoms with Gasteiger partial charge in [-0.2, -0.15) is 0 Å². The Bertz CT molecular complexity index is 455. The first-order valence-electron chi connectivity index (χ1n) is 5.72. The Hall–Kier alpha value is -1.55. The lowest BCUT2D eigenvalue weighted by molar-refractivity contribution is -0.120. The molecule has 0 aliphatic carbocycles. The third-order valence-electron chi connectivity index (χ3n) is 3.01. The smallest absolute Gasteiger partial charge is 0.239 e. The molecule has 1 aromatic rings. The van der Waals surface area contributed by atoms with E-state index in [0.29, 0.717) is 0 Å². The van der Waals surface area contributed by atoms with Crippen LogP contribution in [0.2, 0.25) is 0 Å². The van der Waals surface area contributed by atoms with E-state index in [4.69, 9.17) is 10.5 Å². The van der Waals surface area contributed by atoms with Crippen molar-refractivity contribution in [2.75, 3.05) is 7.05 Å². The summed E-state index contributed by atoms with van der Waals surface area (Å²) in [6.07, 6.45) is 0.853. The molecule has 1 aliphatic rings. The molecule has 92 valence electrons. The first-order valence-corrected chi connectivity index (χ1v) is 5.72. The molecule has 0 fully saturated rings. The topological polar surface area (TPSA) is 64.3 Å². The SMILES string of the molecule is CNC(C(N)=O)c1cccc2c1OC(C)(C)C2. The predicted molar refractivity (Wildman–Crippen MR) is 65.8 cm³/mol. The molecule has 0 bridgehead atoms. The van der Waals surface area contributed by atoms with Crippen LogP contribution in [0.1, 0.15) is 31.0 Å². The molecule has 0 spiro atoms. The summed E-state index contributed by atoms with van der Waals surface area (Å²) in [5.74, 6) is 0.407. The van der Waals surface area contributed by atoms with Crippen molar-refractivity contribution in [3.8, 4) is 5.75 Å². The van der Waals surface area contributed by atoms with Crippen molar-refractivity contribution in [1.82, 2.24) is 5.32 Å². The van der Waals surface area contributed by atoms with Crippen molar-refractivity contribution in [3.05, 3.63) is 29.3 Å². The van der Waals surface area contributed by atoms with Crippen LogP contribution in [0.5, 0.6) is 5.75 Å². The monoisotopic (exact) mass is 234 g/mol. The van der Waals surface area contributed by atoms with Crippen molar-refractivity contribution in [2.24, 2.45) is 5.73 Å². The highest BCUT2D eigenvalue weighted by Gasteiger charge is 2.33. The highest BCUT2D eigenvalue weighted by molar-refractivity contribution is 5.82. The largest absolute Gasteiger partial charge is 0.487 e. The predicted octanol–water partition coefficient (Wildman–Crippen LogP) is 1.15. The number of nitrogens with one attached hydrogen (secondary N) is 1. The van der Waals surface area contributed by atoms with E-state index in [1.807, 2.05) is 32.0 Å². The van der Waals surface area contributed by atoms with E-state index in [-0.39, 0.29) is 5.60 Å². The quantitative estimate of drug-likeness (QED) is 0.824. The van der Waals surface area contributed by atoms with E-state index < -0.39 is 11.9 Å². The lowest BCUT2D eigenvalue weighted by atomic mass is 9.98. The second-order valence-corrected chi connectivity index (χ2v) is 5.00. The van der Waals surface area contributed by atoms with E-state index in [1.54, 1.807) is 7.05 Å².